The molecule has 1 atom stereocenters. The predicted molar refractivity (Wildman–Crippen MR) is 85.5 cm³/mol. The van der Waals surface area contributed by atoms with Gasteiger partial charge in [-0.2, -0.15) is 5.26 Å². The Morgan fingerprint density at radius 3 is 2.95 bits per heavy atom. The summed E-state index contributed by atoms with van der Waals surface area (Å²) in [6, 6.07) is 2.10. The third-order valence-corrected chi connectivity index (χ3v) is 4.80. The number of nitrogens with zero attached hydrogens (tertiary/aromatic N) is 2. The van der Waals surface area contributed by atoms with Gasteiger partial charge in [-0.05, 0) is 32.9 Å². The van der Waals surface area contributed by atoms with Gasteiger partial charge in [0.2, 0.25) is 0 Å². The number of likely N-dealkylation sites (tertiary alicyclic amines) is 1. The molecule has 1 unspecified atom stereocenters. The number of anilines is 2. The number of nitriles is 1. The van der Waals surface area contributed by atoms with Gasteiger partial charge in [-0.25, -0.2) is 0 Å². The van der Waals surface area contributed by atoms with Crippen molar-refractivity contribution in [1.29, 1.82) is 5.26 Å². The molecule has 1 amide bonds. The van der Waals surface area contributed by atoms with Crippen LogP contribution in [0.4, 0.5) is 10.7 Å². The molecule has 0 radical (unpaired) electrons. The molecule has 21 heavy (non-hydrogen) atoms. The summed E-state index contributed by atoms with van der Waals surface area (Å²) in [4.78, 5) is 14.6. The first-order chi connectivity index (χ1) is 10.1. The Morgan fingerprint density at radius 2 is 2.38 bits per heavy atom. The first-order valence-electron chi connectivity index (χ1n) is 7.09. The molecular formula is C14H21N5OS. The van der Waals surface area contributed by atoms with E-state index in [1.807, 2.05) is 6.92 Å². The van der Waals surface area contributed by atoms with Crippen LogP contribution in [0.15, 0.2) is 0 Å². The Balaban J connectivity index is 2.10. The zero-order valence-corrected chi connectivity index (χ0v) is 13.2. The topological polar surface area (TPSA) is 94.2 Å². The minimum Gasteiger partial charge on any atom is -0.396 e. The molecule has 0 aromatic carbocycles. The number of carbonyl (C=O) groups excluding carboxylic acids is 1. The fourth-order valence-corrected chi connectivity index (χ4v) is 3.51. The average Bonchev–Trinajstić information content (AvgIpc) is 3.00. The van der Waals surface area contributed by atoms with Gasteiger partial charge in [0, 0.05) is 19.6 Å². The van der Waals surface area contributed by atoms with Gasteiger partial charge < -0.3 is 21.3 Å². The molecule has 1 aliphatic rings. The highest BCUT2D eigenvalue weighted by Crippen LogP contribution is 2.35. The maximum atomic E-state index is 11.9. The lowest BCUT2D eigenvalue weighted by molar-refractivity contribution is 0.0960. The average molecular weight is 307 g/mol. The third-order valence-electron chi connectivity index (χ3n) is 3.64. The molecule has 0 aliphatic carbocycles. The SMILES string of the molecule is CCNC(=O)c1sc(NCC2CCN(C)C2)c(C#N)c1N. The second-order valence-electron chi connectivity index (χ2n) is 5.32. The zero-order chi connectivity index (χ0) is 15.4. The van der Waals surface area contributed by atoms with E-state index in [-0.39, 0.29) is 11.6 Å². The molecule has 2 heterocycles. The minimum absolute atomic E-state index is 0.217. The van der Waals surface area contributed by atoms with Crippen molar-refractivity contribution >= 4 is 27.9 Å². The van der Waals surface area contributed by atoms with Crippen LogP contribution in [0.25, 0.3) is 0 Å². The molecule has 0 bridgehead atoms. The van der Waals surface area contributed by atoms with E-state index >= 15 is 0 Å². The van der Waals surface area contributed by atoms with Crippen molar-refractivity contribution in [2.24, 2.45) is 5.92 Å². The van der Waals surface area contributed by atoms with E-state index in [4.69, 9.17) is 5.73 Å². The molecular weight excluding hydrogens is 286 g/mol. The number of nitrogens with one attached hydrogen (secondary N) is 2. The number of amides is 1. The molecule has 0 spiro atoms. The summed E-state index contributed by atoms with van der Waals surface area (Å²) in [5, 5.41) is 16.0. The molecule has 1 aromatic rings. The van der Waals surface area contributed by atoms with Gasteiger partial charge in [0.25, 0.3) is 5.91 Å². The van der Waals surface area contributed by atoms with E-state index in [1.165, 1.54) is 11.3 Å². The van der Waals surface area contributed by atoms with Crippen LogP contribution >= 0.6 is 11.3 Å². The molecule has 1 aliphatic heterocycles. The van der Waals surface area contributed by atoms with E-state index in [2.05, 4.69) is 28.7 Å². The summed E-state index contributed by atoms with van der Waals surface area (Å²) >= 11 is 1.26. The lowest BCUT2D eigenvalue weighted by atomic mass is 10.1. The molecule has 2 rings (SSSR count). The van der Waals surface area contributed by atoms with Gasteiger partial charge in [-0.15, -0.1) is 11.3 Å². The number of hydrogen-bond donors (Lipinski definition) is 3. The highest BCUT2D eigenvalue weighted by atomic mass is 32.1. The Morgan fingerprint density at radius 1 is 1.62 bits per heavy atom. The van der Waals surface area contributed by atoms with E-state index in [0.717, 1.165) is 26.1 Å². The van der Waals surface area contributed by atoms with Crippen molar-refractivity contribution in [3.63, 3.8) is 0 Å². The molecule has 114 valence electrons. The van der Waals surface area contributed by atoms with Gasteiger partial charge in [-0.1, -0.05) is 0 Å². The van der Waals surface area contributed by atoms with Gasteiger partial charge in [0.1, 0.15) is 21.5 Å². The summed E-state index contributed by atoms with van der Waals surface area (Å²) in [7, 11) is 2.11. The number of hydrogen-bond acceptors (Lipinski definition) is 6. The van der Waals surface area contributed by atoms with Crippen molar-refractivity contribution in [3.05, 3.63) is 10.4 Å². The molecule has 6 nitrogen and oxygen atoms in total. The first kappa shape index (κ1) is 15.6. The molecule has 0 saturated carbocycles. The number of nitrogen functional groups attached to an aromatic ring is 1. The van der Waals surface area contributed by atoms with Crippen molar-refractivity contribution in [2.75, 3.05) is 44.3 Å². The minimum atomic E-state index is -0.217. The molecule has 7 heteroatoms. The van der Waals surface area contributed by atoms with Crippen molar-refractivity contribution < 1.29 is 4.79 Å². The lowest BCUT2D eigenvalue weighted by Gasteiger charge is -2.11. The van der Waals surface area contributed by atoms with Gasteiger partial charge in [-0.3, -0.25) is 4.79 Å². The molecule has 1 aromatic heterocycles. The number of thiophene rings is 1. The van der Waals surface area contributed by atoms with Crippen LogP contribution in [0.5, 0.6) is 0 Å². The standard InChI is InChI=1S/C14H21N5OS/c1-3-17-13(20)12-11(16)10(6-15)14(21-12)18-7-9-4-5-19(2)8-9/h9,18H,3-5,7-8,16H2,1-2H3,(H,17,20). The largest absolute Gasteiger partial charge is 0.396 e. The molecule has 4 N–H and O–H groups in total. The second kappa shape index (κ2) is 6.78. The Kier molecular flexibility index (Phi) is 5.04. The van der Waals surface area contributed by atoms with Gasteiger partial charge in [0.05, 0.1) is 5.69 Å². The highest BCUT2D eigenvalue weighted by molar-refractivity contribution is 7.18. The van der Waals surface area contributed by atoms with Crippen LogP contribution < -0.4 is 16.4 Å². The van der Waals surface area contributed by atoms with E-state index in [0.29, 0.717) is 27.9 Å². The predicted octanol–water partition coefficient (Wildman–Crippen LogP) is 1.32. The normalized spacial score (nSPS) is 18.4. The van der Waals surface area contributed by atoms with Crippen LogP contribution in [0.3, 0.4) is 0 Å². The maximum Gasteiger partial charge on any atom is 0.263 e. The summed E-state index contributed by atoms with van der Waals surface area (Å²) in [5.41, 5.74) is 6.59. The summed E-state index contributed by atoms with van der Waals surface area (Å²) < 4.78 is 0. The fraction of sp³-hybridized carbons (Fsp3) is 0.571. The lowest BCUT2D eigenvalue weighted by Crippen LogP contribution is -2.22. The Bertz CT molecular complexity index is 562. The molecule has 1 saturated heterocycles. The van der Waals surface area contributed by atoms with Gasteiger partial charge in [0.15, 0.2) is 0 Å². The third kappa shape index (κ3) is 3.46. The molecule has 1 fully saturated rings. The summed E-state index contributed by atoms with van der Waals surface area (Å²) in [6.45, 7) is 5.35. The highest BCUT2D eigenvalue weighted by Gasteiger charge is 2.23. The Labute approximate surface area is 128 Å². The van der Waals surface area contributed by atoms with Gasteiger partial charge >= 0.3 is 0 Å². The van der Waals surface area contributed by atoms with Crippen molar-refractivity contribution in [2.45, 2.75) is 13.3 Å². The summed E-state index contributed by atoms with van der Waals surface area (Å²) in [5.74, 6) is 0.350. The van der Waals surface area contributed by atoms with Crippen LogP contribution in [-0.4, -0.2) is 44.0 Å². The Hall–Kier alpha value is -1.78. The monoisotopic (exact) mass is 307 g/mol. The van der Waals surface area contributed by atoms with Crippen molar-refractivity contribution in [3.8, 4) is 6.07 Å². The maximum absolute atomic E-state index is 11.9. The quantitative estimate of drug-likeness (QED) is 0.762. The summed E-state index contributed by atoms with van der Waals surface area (Å²) in [6.07, 6.45) is 1.15. The first-order valence-corrected chi connectivity index (χ1v) is 7.91. The number of nitrogens with two attached hydrogens (primary N) is 1. The number of rotatable bonds is 5. The second-order valence-corrected chi connectivity index (χ2v) is 6.34. The van der Waals surface area contributed by atoms with Crippen LogP contribution in [-0.2, 0) is 0 Å². The van der Waals surface area contributed by atoms with Crippen LogP contribution in [0, 0.1) is 17.2 Å². The van der Waals surface area contributed by atoms with Crippen molar-refractivity contribution in [1.82, 2.24) is 10.2 Å². The van der Waals surface area contributed by atoms with E-state index in [1.54, 1.807) is 0 Å². The van der Waals surface area contributed by atoms with Crippen LogP contribution in [0.2, 0.25) is 0 Å². The van der Waals surface area contributed by atoms with E-state index in [9.17, 15) is 10.1 Å². The fourth-order valence-electron chi connectivity index (χ4n) is 2.52. The van der Waals surface area contributed by atoms with E-state index < -0.39 is 0 Å². The zero-order valence-electron chi connectivity index (χ0n) is 12.4. The number of carbonyl (C=O) groups is 1. The smallest absolute Gasteiger partial charge is 0.263 e. The van der Waals surface area contributed by atoms with Crippen LogP contribution in [0.1, 0.15) is 28.6 Å².